The minimum absolute atomic E-state index is 0.0154. The number of rotatable bonds is 4. The number of nitrogens with zero attached hydrogens (tertiary/aromatic N) is 4. The second kappa shape index (κ2) is 6.93. The highest BCUT2D eigenvalue weighted by atomic mass is 16.2. The lowest BCUT2D eigenvalue weighted by Crippen LogP contribution is -2.43. The van der Waals surface area contributed by atoms with Crippen molar-refractivity contribution in [3.05, 3.63) is 64.7 Å². The predicted octanol–water partition coefficient (Wildman–Crippen LogP) is 2.82. The van der Waals surface area contributed by atoms with Crippen LogP contribution in [0.2, 0.25) is 0 Å². The molecule has 0 spiro atoms. The van der Waals surface area contributed by atoms with Crippen molar-refractivity contribution in [2.75, 3.05) is 13.1 Å². The Bertz CT molecular complexity index is 1070. The SMILES string of the molecule is O=C(C1CC1)N1CCC[C@H](n2c(=O)n(Cc3ccccc3)c3cccnc32)C1. The number of benzene rings is 1. The van der Waals surface area contributed by atoms with Crippen LogP contribution < -0.4 is 5.69 Å². The largest absolute Gasteiger partial charge is 0.340 e. The number of imidazole rings is 1. The molecule has 0 N–H and O–H groups in total. The quantitative estimate of drug-likeness (QED) is 0.703. The van der Waals surface area contributed by atoms with Crippen LogP contribution in [-0.2, 0) is 11.3 Å². The molecule has 1 saturated carbocycles. The van der Waals surface area contributed by atoms with E-state index >= 15 is 0 Å². The Hall–Kier alpha value is -2.89. The van der Waals surface area contributed by atoms with Gasteiger partial charge in [0.1, 0.15) is 0 Å². The highest BCUT2D eigenvalue weighted by Crippen LogP contribution is 2.33. The van der Waals surface area contributed by atoms with Crippen molar-refractivity contribution in [2.45, 2.75) is 38.3 Å². The third kappa shape index (κ3) is 3.03. The van der Waals surface area contributed by atoms with Crippen molar-refractivity contribution in [2.24, 2.45) is 5.92 Å². The lowest BCUT2D eigenvalue weighted by Gasteiger charge is -2.33. The molecule has 3 heterocycles. The van der Waals surface area contributed by atoms with Crippen LogP contribution in [-0.4, -0.2) is 38.0 Å². The topological polar surface area (TPSA) is 60.1 Å². The first-order chi connectivity index (χ1) is 13.7. The van der Waals surface area contributed by atoms with Gasteiger partial charge in [-0.1, -0.05) is 30.3 Å². The first kappa shape index (κ1) is 17.2. The molecule has 1 amide bonds. The van der Waals surface area contributed by atoms with Crippen LogP contribution >= 0.6 is 0 Å². The van der Waals surface area contributed by atoms with Crippen molar-refractivity contribution in [3.8, 4) is 0 Å². The van der Waals surface area contributed by atoms with Crippen molar-refractivity contribution >= 4 is 17.1 Å². The summed E-state index contributed by atoms with van der Waals surface area (Å²) in [4.78, 5) is 32.4. The monoisotopic (exact) mass is 376 g/mol. The van der Waals surface area contributed by atoms with Gasteiger partial charge in [-0.15, -0.1) is 0 Å². The minimum Gasteiger partial charge on any atom is -0.340 e. The molecule has 144 valence electrons. The molecule has 0 radical (unpaired) electrons. The van der Waals surface area contributed by atoms with Gasteiger partial charge < -0.3 is 4.90 Å². The maximum absolute atomic E-state index is 13.4. The van der Waals surface area contributed by atoms with Crippen molar-refractivity contribution in [1.82, 2.24) is 19.0 Å². The van der Waals surface area contributed by atoms with Gasteiger partial charge in [0.2, 0.25) is 5.91 Å². The van der Waals surface area contributed by atoms with Crippen LogP contribution in [0.4, 0.5) is 0 Å². The standard InChI is InChI=1S/C22H24N4O2/c27-21(17-10-11-17)24-13-5-8-18(15-24)26-20-19(9-4-12-23-20)25(22(26)28)14-16-6-2-1-3-7-16/h1-4,6-7,9,12,17-18H,5,8,10-11,13-15H2/t18-/m0/s1. The third-order valence-electron chi connectivity index (χ3n) is 5.91. The van der Waals surface area contributed by atoms with Crippen LogP contribution in [0, 0.1) is 5.92 Å². The van der Waals surface area contributed by atoms with E-state index in [9.17, 15) is 9.59 Å². The van der Waals surface area contributed by atoms with Crippen LogP contribution in [0.3, 0.4) is 0 Å². The number of likely N-dealkylation sites (tertiary alicyclic amines) is 1. The second-order valence-electron chi connectivity index (χ2n) is 7.93. The number of carbonyl (C=O) groups is 1. The summed E-state index contributed by atoms with van der Waals surface area (Å²) in [7, 11) is 0. The molecule has 1 atom stereocenters. The fourth-order valence-corrected chi connectivity index (χ4v) is 4.31. The van der Waals surface area contributed by atoms with Gasteiger partial charge in [-0.2, -0.15) is 0 Å². The van der Waals surface area contributed by atoms with E-state index in [4.69, 9.17) is 0 Å². The molecular formula is C22H24N4O2. The summed E-state index contributed by atoms with van der Waals surface area (Å²) in [5, 5.41) is 0. The molecule has 1 aromatic carbocycles. The van der Waals surface area contributed by atoms with E-state index in [2.05, 4.69) is 4.98 Å². The molecule has 6 heteroatoms. The maximum Gasteiger partial charge on any atom is 0.330 e. The summed E-state index contributed by atoms with van der Waals surface area (Å²) >= 11 is 0. The number of hydrogen-bond donors (Lipinski definition) is 0. The van der Waals surface area contributed by atoms with Gasteiger partial charge in [0.25, 0.3) is 0 Å². The summed E-state index contributed by atoms with van der Waals surface area (Å²) in [6.45, 7) is 1.93. The highest BCUT2D eigenvalue weighted by Gasteiger charge is 2.36. The van der Waals surface area contributed by atoms with Crippen LogP contribution in [0.15, 0.2) is 53.5 Å². The van der Waals surface area contributed by atoms with E-state index in [1.54, 1.807) is 10.8 Å². The van der Waals surface area contributed by atoms with Gasteiger partial charge in [0.05, 0.1) is 18.1 Å². The average molecular weight is 376 g/mol. The average Bonchev–Trinajstić information content (AvgIpc) is 3.55. The summed E-state index contributed by atoms with van der Waals surface area (Å²) in [6.07, 6.45) is 5.58. The first-order valence-corrected chi connectivity index (χ1v) is 10.1. The molecule has 2 aliphatic rings. The zero-order valence-electron chi connectivity index (χ0n) is 15.8. The van der Waals surface area contributed by atoms with Gasteiger partial charge in [0, 0.05) is 25.2 Å². The minimum atomic E-state index is -0.0386. The van der Waals surface area contributed by atoms with Crippen LogP contribution in [0.5, 0.6) is 0 Å². The van der Waals surface area contributed by atoms with Gasteiger partial charge in [-0.05, 0) is 43.4 Å². The third-order valence-corrected chi connectivity index (χ3v) is 5.91. The predicted molar refractivity (Wildman–Crippen MR) is 107 cm³/mol. The summed E-state index contributed by atoms with van der Waals surface area (Å²) in [6, 6.07) is 13.8. The molecule has 2 aromatic heterocycles. The van der Waals surface area contributed by atoms with Gasteiger partial charge in [-0.3, -0.25) is 13.9 Å². The number of carbonyl (C=O) groups excluding carboxylic acids is 1. The lowest BCUT2D eigenvalue weighted by molar-refractivity contribution is -0.134. The van der Waals surface area contributed by atoms with E-state index in [-0.39, 0.29) is 23.6 Å². The zero-order chi connectivity index (χ0) is 19.1. The molecule has 1 aliphatic heterocycles. The number of fused-ring (bicyclic) bond motifs is 1. The highest BCUT2D eigenvalue weighted by molar-refractivity contribution is 5.81. The van der Waals surface area contributed by atoms with Crippen molar-refractivity contribution in [3.63, 3.8) is 0 Å². The number of piperidine rings is 1. The molecule has 0 unspecified atom stereocenters. The Labute approximate surface area is 163 Å². The number of aromatic nitrogens is 3. The van der Waals surface area contributed by atoms with Crippen LogP contribution in [0.25, 0.3) is 11.2 Å². The Morgan fingerprint density at radius 1 is 1.07 bits per heavy atom. The summed E-state index contributed by atoms with van der Waals surface area (Å²) in [5.74, 6) is 0.478. The molecule has 0 bridgehead atoms. The molecular weight excluding hydrogens is 352 g/mol. The van der Waals surface area contributed by atoms with Gasteiger partial charge in [-0.25, -0.2) is 9.78 Å². The van der Waals surface area contributed by atoms with Crippen LogP contribution in [0.1, 0.15) is 37.3 Å². The molecule has 3 aromatic rings. The summed E-state index contributed by atoms with van der Waals surface area (Å²) in [5.41, 5.74) is 2.61. The number of amides is 1. The van der Waals surface area contributed by atoms with E-state index in [0.717, 1.165) is 43.3 Å². The smallest absolute Gasteiger partial charge is 0.330 e. The Balaban J connectivity index is 1.53. The molecule has 5 rings (SSSR count). The molecule has 1 aliphatic carbocycles. The van der Waals surface area contributed by atoms with E-state index in [1.165, 1.54) is 0 Å². The zero-order valence-corrected chi connectivity index (χ0v) is 15.8. The lowest BCUT2D eigenvalue weighted by atomic mass is 10.0. The fourth-order valence-electron chi connectivity index (χ4n) is 4.31. The second-order valence-corrected chi connectivity index (χ2v) is 7.93. The normalized spacial score (nSPS) is 19.9. The maximum atomic E-state index is 13.4. The summed E-state index contributed by atoms with van der Waals surface area (Å²) < 4.78 is 3.63. The molecule has 2 fully saturated rings. The molecule has 28 heavy (non-hydrogen) atoms. The molecule has 1 saturated heterocycles. The van der Waals surface area contributed by atoms with Crippen molar-refractivity contribution < 1.29 is 4.79 Å². The first-order valence-electron chi connectivity index (χ1n) is 10.1. The Morgan fingerprint density at radius 3 is 2.68 bits per heavy atom. The Morgan fingerprint density at radius 2 is 1.89 bits per heavy atom. The van der Waals surface area contributed by atoms with Gasteiger partial charge in [0.15, 0.2) is 5.65 Å². The number of pyridine rings is 1. The molecule has 6 nitrogen and oxygen atoms in total. The van der Waals surface area contributed by atoms with E-state index < -0.39 is 0 Å². The fraction of sp³-hybridized carbons (Fsp3) is 0.409. The number of hydrogen-bond acceptors (Lipinski definition) is 3. The Kier molecular flexibility index (Phi) is 4.26. The van der Waals surface area contributed by atoms with Gasteiger partial charge >= 0.3 is 5.69 Å². The van der Waals surface area contributed by atoms with Crippen molar-refractivity contribution in [1.29, 1.82) is 0 Å². The van der Waals surface area contributed by atoms with E-state index in [0.29, 0.717) is 18.7 Å². The van der Waals surface area contributed by atoms with E-state index in [1.807, 2.05) is 51.9 Å².